The molecule has 0 atom stereocenters. The van der Waals surface area contributed by atoms with E-state index in [1.807, 2.05) is 12.3 Å². The molecule has 0 aromatic carbocycles. The monoisotopic (exact) mass is 175 g/mol. The molecule has 0 radical (unpaired) electrons. The summed E-state index contributed by atoms with van der Waals surface area (Å²) in [5, 5.41) is 0. The number of nitrogens with one attached hydrogen (secondary N) is 1. The maximum absolute atomic E-state index is 4.47. The van der Waals surface area contributed by atoms with Crippen LogP contribution in [0.5, 0.6) is 0 Å². The highest BCUT2D eigenvalue weighted by Crippen LogP contribution is 2.14. The van der Waals surface area contributed by atoms with Crippen LogP contribution in [0.4, 0.5) is 0 Å². The lowest BCUT2D eigenvalue weighted by atomic mass is 10.2. The molecule has 0 fully saturated rings. The van der Waals surface area contributed by atoms with Gasteiger partial charge in [0, 0.05) is 12.6 Å². The van der Waals surface area contributed by atoms with Gasteiger partial charge in [-0.2, -0.15) is 0 Å². The number of aryl methyl sites for hydroxylation is 2. The van der Waals surface area contributed by atoms with E-state index in [0.29, 0.717) is 0 Å². The second kappa shape index (κ2) is 3.17. The van der Waals surface area contributed by atoms with Gasteiger partial charge >= 0.3 is 0 Å². The Kier molecular flexibility index (Phi) is 2.00. The Bertz CT molecular complexity index is 417. The van der Waals surface area contributed by atoms with Gasteiger partial charge < -0.3 is 4.98 Å². The number of aromatic nitrogens is 3. The minimum absolute atomic E-state index is 0.897. The van der Waals surface area contributed by atoms with Gasteiger partial charge in [0.2, 0.25) is 0 Å². The molecule has 13 heavy (non-hydrogen) atoms. The van der Waals surface area contributed by atoms with Gasteiger partial charge in [-0.3, -0.25) is 0 Å². The number of hydrogen-bond donors (Lipinski definition) is 1. The van der Waals surface area contributed by atoms with Crippen molar-refractivity contribution in [2.75, 3.05) is 0 Å². The van der Waals surface area contributed by atoms with Gasteiger partial charge in [-0.15, -0.1) is 0 Å². The van der Waals surface area contributed by atoms with Gasteiger partial charge in [-0.25, -0.2) is 9.97 Å². The zero-order valence-corrected chi connectivity index (χ0v) is 7.96. The number of aromatic amines is 1. The second-order valence-corrected chi connectivity index (χ2v) is 3.03. The fourth-order valence-electron chi connectivity index (χ4n) is 1.48. The van der Waals surface area contributed by atoms with Gasteiger partial charge in [-0.1, -0.05) is 13.8 Å². The molecular formula is C10H13N3. The second-order valence-electron chi connectivity index (χ2n) is 3.03. The largest absolute Gasteiger partial charge is 0.358 e. The van der Waals surface area contributed by atoms with Crippen molar-refractivity contribution in [3.05, 3.63) is 23.8 Å². The Labute approximate surface area is 77.2 Å². The Balaban J connectivity index is 2.70. The van der Waals surface area contributed by atoms with Crippen LogP contribution in [0.1, 0.15) is 25.4 Å². The fraction of sp³-hybridized carbons (Fsp3) is 0.400. The summed E-state index contributed by atoms with van der Waals surface area (Å²) in [5.41, 5.74) is 3.23. The molecule has 0 aliphatic carbocycles. The van der Waals surface area contributed by atoms with Crippen molar-refractivity contribution in [3.63, 3.8) is 0 Å². The van der Waals surface area contributed by atoms with Crippen LogP contribution < -0.4 is 0 Å². The highest BCUT2D eigenvalue weighted by molar-refractivity contribution is 5.77. The highest BCUT2D eigenvalue weighted by Gasteiger charge is 2.05. The van der Waals surface area contributed by atoms with Gasteiger partial charge in [0.25, 0.3) is 0 Å². The van der Waals surface area contributed by atoms with Crippen LogP contribution >= 0.6 is 0 Å². The summed E-state index contributed by atoms with van der Waals surface area (Å²) in [4.78, 5) is 12.1. The third-order valence-corrected chi connectivity index (χ3v) is 2.18. The van der Waals surface area contributed by atoms with Crippen molar-refractivity contribution in [1.82, 2.24) is 15.0 Å². The van der Waals surface area contributed by atoms with Crippen molar-refractivity contribution in [3.8, 4) is 0 Å². The molecule has 3 nitrogen and oxygen atoms in total. The van der Waals surface area contributed by atoms with Crippen molar-refractivity contribution in [1.29, 1.82) is 0 Å². The van der Waals surface area contributed by atoms with Crippen LogP contribution in [0.25, 0.3) is 11.0 Å². The normalized spacial score (nSPS) is 10.9. The molecule has 2 aromatic rings. The third kappa shape index (κ3) is 1.30. The molecule has 0 saturated carbocycles. The van der Waals surface area contributed by atoms with Crippen LogP contribution in [0, 0.1) is 0 Å². The predicted octanol–water partition coefficient (Wildman–Crippen LogP) is 2.08. The Morgan fingerprint density at radius 1 is 1.23 bits per heavy atom. The number of rotatable bonds is 2. The van der Waals surface area contributed by atoms with Gasteiger partial charge in [0.15, 0.2) is 0 Å². The standard InChI is InChI=1S/C10H13N3/c1-3-7-10-8(5-6-11-10)13-9(4-2)12-7/h5-6,11H,3-4H2,1-2H3. The minimum Gasteiger partial charge on any atom is -0.358 e. The third-order valence-electron chi connectivity index (χ3n) is 2.18. The molecule has 0 aliphatic heterocycles. The molecule has 2 heterocycles. The zero-order valence-electron chi connectivity index (χ0n) is 7.96. The molecule has 2 rings (SSSR count). The van der Waals surface area contributed by atoms with Crippen molar-refractivity contribution >= 4 is 11.0 Å². The molecule has 0 bridgehead atoms. The van der Waals surface area contributed by atoms with Gasteiger partial charge in [0.1, 0.15) is 5.82 Å². The summed E-state index contributed by atoms with van der Waals surface area (Å²) in [6.07, 6.45) is 3.76. The Morgan fingerprint density at radius 2 is 2.08 bits per heavy atom. The number of nitrogens with zero attached hydrogens (tertiary/aromatic N) is 2. The summed E-state index contributed by atoms with van der Waals surface area (Å²) in [6.45, 7) is 4.19. The van der Waals surface area contributed by atoms with E-state index in [-0.39, 0.29) is 0 Å². The first-order chi connectivity index (χ1) is 6.35. The van der Waals surface area contributed by atoms with E-state index in [1.54, 1.807) is 0 Å². The lowest BCUT2D eigenvalue weighted by molar-refractivity contribution is 0.910. The highest BCUT2D eigenvalue weighted by atomic mass is 14.9. The smallest absolute Gasteiger partial charge is 0.129 e. The van der Waals surface area contributed by atoms with E-state index >= 15 is 0 Å². The number of hydrogen-bond acceptors (Lipinski definition) is 2. The first kappa shape index (κ1) is 8.23. The van der Waals surface area contributed by atoms with Crippen LogP contribution in [-0.2, 0) is 12.8 Å². The summed E-state index contributed by atoms with van der Waals surface area (Å²) in [6, 6.07) is 2.00. The average Bonchev–Trinajstić information content (AvgIpc) is 2.63. The zero-order chi connectivity index (χ0) is 9.26. The lowest BCUT2D eigenvalue weighted by Crippen LogP contribution is -1.98. The maximum atomic E-state index is 4.47. The van der Waals surface area contributed by atoms with Crippen LogP contribution in [0.3, 0.4) is 0 Å². The number of fused-ring (bicyclic) bond motifs is 1. The van der Waals surface area contributed by atoms with E-state index in [0.717, 1.165) is 35.4 Å². The van der Waals surface area contributed by atoms with Crippen LogP contribution in [0.15, 0.2) is 12.3 Å². The quantitative estimate of drug-likeness (QED) is 0.759. The van der Waals surface area contributed by atoms with E-state index in [1.165, 1.54) is 0 Å². The summed E-state index contributed by atoms with van der Waals surface area (Å²) in [7, 11) is 0. The maximum Gasteiger partial charge on any atom is 0.129 e. The average molecular weight is 175 g/mol. The Hall–Kier alpha value is -1.38. The van der Waals surface area contributed by atoms with E-state index < -0.39 is 0 Å². The predicted molar refractivity (Wildman–Crippen MR) is 52.6 cm³/mol. The first-order valence-corrected chi connectivity index (χ1v) is 4.68. The van der Waals surface area contributed by atoms with Crippen LogP contribution in [0.2, 0.25) is 0 Å². The first-order valence-electron chi connectivity index (χ1n) is 4.68. The lowest BCUT2D eigenvalue weighted by Gasteiger charge is -2.01. The number of H-pyrrole nitrogens is 1. The summed E-state index contributed by atoms with van der Waals surface area (Å²) < 4.78 is 0. The SMILES string of the molecule is CCc1nc(CC)c2[nH]ccc2n1. The molecule has 0 amide bonds. The molecule has 1 N–H and O–H groups in total. The molecule has 3 heteroatoms. The van der Waals surface area contributed by atoms with E-state index in [4.69, 9.17) is 0 Å². The minimum atomic E-state index is 0.897. The summed E-state index contributed by atoms with van der Waals surface area (Å²) in [5.74, 6) is 0.934. The topological polar surface area (TPSA) is 41.6 Å². The van der Waals surface area contributed by atoms with Crippen molar-refractivity contribution < 1.29 is 0 Å². The van der Waals surface area contributed by atoms with E-state index in [9.17, 15) is 0 Å². The molecule has 68 valence electrons. The molecular weight excluding hydrogens is 162 g/mol. The van der Waals surface area contributed by atoms with Gasteiger partial charge in [-0.05, 0) is 12.5 Å². The molecule has 2 aromatic heterocycles. The molecule has 0 unspecified atom stereocenters. The molecule has 0 spiro atoms. The van der Waals surface area contributed by atoms with Gasteiger partial charge in [0.05, 0.1) is 16.7 Å². The summed E-state index contributed by atoms with van der Waals surface area (Å²) >= 11 is 0. The van der Waals surface area contributed by atoms with E-state index in [2.05, 4.69) is 28.8 Å². The molecule has 0 saturated heterocycles. The van der Waals surface area contributed by atoms with Crippen molar-refractivity contribution in [2.24, 2.45) is 0 Å². The van der Waals surface area contributed by atoms with Crippen LogP contribution in [-0.4, -0.2) is 15.0 Å². The fourth-order valence-corrected chi connectivity index (χ4v) is 1.48. The van der Waals surface area contributed by atoms with Crippen molar-refractivity contribution in [2.45, 2.75) is 26.7 Å². The Morgan fingerprint density at radius 3 is 2.77 bits per heavy atom. The molecule has 0 aliphatic rings.